The van der Waals surface area contributed by atoms with Gasteiger partial charge in [-0.15, -0.1) is 0 Å². The zero-order chi connectivity index (χ0) is 15.6. The predicted molar refractivity (Wildman–Crippen MR) is 88.2 cm³/mol. The summed E-state index contributed by atoms with van der Waals surface area (Å²) in [5, 5.41) is 2.97. The Bertz CT molecular complexity index is 699. The molecule has 2 heterocycles. The number of carbonyl (C=O) groups is 1. The molecule has 2 fully saturated rings. The average molecular weight is 308 g/mol. The lowest BCUT2D eigenvalue weighted by molar-refractivity contribution is -0.121. The van der Waals surface area contributed by atoms with E-state index in [4.69, 9.17) is 4.98 Å². The van der Waals surface area contributed by atoms with Gasteiger partial charge in [0.05, 0.1) is 12.5 Å². The molecule has 1 aliphatic heterocycles. The molecule has 5 heteroatoms. The van der Waals surface area contributed by atoms with E-state index in [1.54, 1.807) is 0 Å². The van der Waals surface area contributed by atoms with Crippen LogP contribution in [0.2, 0.25) is 0 Å². The van der Waals surface area contributed by atoms with E-state index < -0.39 is 0 Å². The highest BCUT2D eigenvalue weighted by molar-refractivity contribution is 5.78. The Hall–Kier alpha value is -2.43. The number of benzene rings is 1. The summed E-state index contributed by atoms with van der Waals surface area (Å²) in [6.07, 6.45) is 4.67. The van der Waals surface area contributed by atoms with Gasteiger partial charge in [0, 0.05) is 25.2 Å². The van der Waals surface area contributed by atoms with Crippen LogP contribution < -0.4 is 10.2 Å². The minimum absolute atomic E-state index is 0.0145. The topological polar surface area (TPSA) is 58.1 Å². The van der Waals surface area contributed by atoms with Crippen LogP contribution in [0.25, 0.3) is 0 Å². The summed E-state index contributed by atoms with van der Waals surface area (Å²) in [5.74, 6) is 2.49. The maximum atomic E-state index is 12.1. The molecule has 0 bridgehead atoms. The molecule has 1 N–H and O–H groups in total. The van der Waals surface area contributed by atoms with Crippen LogP contribution in [0.15, 0.2) is 42.6 Å². The standard InChI is InChI=1S/C18H20N4O/c23-17-12-15(13-4-2-1-3-5-13)22(11-10-19-17)16-8-9-20-18(21-16)14-6-7-14/h1-5,8-9,14-15H,6-7,10-12H2,(H,19,23). The summed E-state index contributed by atoms with van der Waals surface area (Å²) in [6, 6.07) is 12.2. The molecule has 0 radical (unpaired) electrons. The van der Waals surface area contributed by atoms with Gasteiger partial charge < -0.3 is 10.2 Å². The van der Waals surface area contributed by atoms with Crippen molar-refractivity contribution in [2.75, 3.05) is 18.0 Å². The number of carbonyl (C=O) groups excluding carboxylic acids is 1. The predicted octanol–water partition coefficient (Wildman–Crippen LogP) is 2.42. The highest BCUT2D eigenvalue weighted by Gasteiger charge is 2.30. The molecule has 1 aromatic heterocycles. The number of hydrogen-bond acceptors (Lipinski definition) is 4. The summed E-state index contributed by atoms with van der Waals surface area (Å²) >= 11 is 0. The molecule has 1 atom stereocenters. The second kappa shape index (κ2) is 5.99. The van der Waals surface area contributed by atoms with Crippen molar-refractivity contribution < 1.29 is 4.79 Å². The Balaban J connectivity index is 1.70. The normalized spacial score (nSPS) is 21.7. The van der Waals surface area contributed by atoms with Crippen molar-refractivity contribution in [1.82, 2.24) is 15.3 Å². The Labute approximate surface area is 135 Å². The van der Waals surface area contributed by atoms with Crippen LogP contribution in [0.3, 0.4) is 0 Å². The van der Waals surface area contributed by atoms with Crippen molar-refractivity contribution in [3.63, 3.8) is 0 Å². The number of amides is 1. The Morgan fingerprint density at radius 1 is 1.13 bits per heavy atom. The van der Waals surface area contributed by atoms with Crippen molar-refractivity contribution in [1.29, 1.82) is 0 Å². The van der Waals surface area contributed by atoms with E-state index in [9.17, 15) is 4.79 Å². The molecule has 1 amide bonds. The van der Waals surface area contributed by atoms with Gasteiger partial charge in [0.15, 0.2) is 0 Å². The first-order chi connectivity index (χ1) is 11.3. The quantitative estimate of drug-likeness (QED) is 0.946. The number of rotatable bonds is 3. The van der Waals surface area contributed by atoms with Gasteiger partial charge in [-0.2, -0.15) is 0 Å². The summed E-state index contributed by atoms with van der Waals surface area (Å²) < 4.78 is 0. The van der Waals surface area contributed by atoms with Gasteiger partial charge in [0.25, 0.3) is 0 Å². The number of hydrogen-bond donors (Lipinski definition) is 1. The molecule has 23 heavy (non-hydrogen) atoms. The van der Waals surface area contributed by atoms with Crippen molar-refractivity contribution in [3.05, 3.63) is 54.0 Å². The van der Waals surface area contributed by atoms with E-state index in [1.807, 2.05) is 30.5 Å². The van der Waals surface area contributed by atoms with Gasteiger partial charge in [0.2, 0.25) is 5.91 Å². The number of nitrogens with one attached hydrogen (secondary N) is 1. The Morgan fingerprint density at radius 3 is 2.74 bits per heavy atom. The van der Waals surface area contributed by atoms with Crippen LogP contribution in [0.1, 0.15) is 42.6 Å². The fourth-order valence-electron chi connectivity index (χ4n) is 3.14. The number of nitrogens with zero attached hydrogens (tertiary/aromatic N) is 3. The lowest BCUT2D eigenvalue weighted by Crippen LogP contribution is -2.31. The molecule has 118 valence electrons. The second-order valence-electron chi connectivity index (χ2n) is 6.22. The van der Waals surface area contributed by atoms with E-state index in [-0.39, 0.29) is 11.9 Å². The molecule has 2 aliphatic rings. The van der Waals surface area contributed by atoms with E-state index in [0.29, 0.717) is 18.9 Å². The van der Waals surface area contributed by atoms with E-state index >= 15 is 0 Å². The monoisotopic (exact) mass is 308 g/mol. The zero-order valence-corrected chi connectivity index (χ0v) is 13.0. The lowest BCUT2D eigenvalue weighted by atomic mass is 10.0. The molecule has 1 aromatic carbocycles. The first kappa shape index (κ1) is 14.2. The molecule has 1 saturated heterocycles. The molecule has 1 aliphatic carbocycles. The minimum atomic E-state index is 0.0145. The van der Waals surface area contributed by atoms with Crippen molar-refractivity contribution in [3.8, 4) is 0 Å². The molecule has 1 unspecified atom stereocenters. The average Bonchev–Trinajstić information content (AvgIpc) is 3.43. The van der Waals surface area contributed by atoms with Crippen LogP contribution in [0, 0.1) is 0 Å². The SMILES string of the molecule is O=C1CC(c2ccccc2)N(c2ccnc(C3CC3)n2)CCN1. The largest absolute Gasteiger partial charge is 0.354 e. The molecule has 4 rings (SSSR count). The molecular formula is C18H20N4O. The number of aromatic nitrogens is 2. The highest BCUT2D eigenvalue weighted by atomic mass is 16.1. The number of anilines is 1. The molecule has 2 aromatic rings. The summed E-state index contributed by atoms with van der Waals surface area (Å²) in [7, 11) is 0. The minimum Gasteiger partial charge on any atom is -0.354 e. The van der Waals surface area contributed by atoms with E-state index in [2.05, 4.69) is 27.3 Å². The maximum Gasteiger partial charge on any atom is 0.222 e. The van der Waals surface area contributed by atoms with Crippen molar-refractivity contribution >= 4 is 11.7 Å². The molecular weight excluding hydrogens is 288 g/mol. The van der Waals surface area contributed by atoms with Gasteiger partial charge in [-0.25, -0.2) is 9.97 Å². The Morgan fingerprint density at radius 2 is 1.96 bits per heavy atom. The van der Waals surface area contributed by atoms with Crippen LogP contribution >= 0.6 is 0 Å². The first-order valence-corrected chi connectivity index (χ1v) is 8.22. The summed E-state index contributed by atoms with van der Waals surface area (Å²) in [5.41, 5.74) is 1.15. The smallest absolute Gasteiger partial charge is 0.222 e. The third-order valence-corrected chi connectivity index (χ3v) is 4.51. The molecule has 1 saturated carbocycles. The second-order valence-corrected chi connectivity index (χ2v) is 6.22. The van der Waals surface area contributed by atoms with Crippen LogP contribution in [0.4, 0.5) is 5.82 Å². The van der Waals surface area contributed by atoms with E-state index in [0.717, 1.165) is 23.8 Å². The third-order valence-electron chi connectivity index (χ3n) is 4.51. The first-order valence-electron chi connectivity index (χ1n) is 8.22. The van der Waals surface area contributed by atoms with Gasteiger partial charge in [-0.3, -0.25) is 4.79 Å². The third kappa shape index (κ3) is 3.04. The van der Waals surface area contributed by atoms with Crippen LogP contribution in [-0.2, 0) is 4.79 Å². The van der Waals surface area contributed by atoms with Gasteiger partial charge in [-0.1, -0.05) is 30.3 Å². The van der Waals surface area contributed by atoms with Gasteiger partial charge in [-0.05, 0) is 24.5 Å². The van der Waals surface area contributed by atoms with Gasteiger partial charge in [0.1, 0.15) is 11.6 Å². The fourth-order valence-corrected chi connectivity index (χ4v) is 3.14. The van der Waals surface area contributed by atoms with Crippen LogP contribution in [-0.4, -0.2) is 29.0 Å². The van der Waals surface area contributed by atoms with E-state index in [1.165, 1.54) is 12.8 Å². The zero-order valence-electron chi connectivity index (χ0n) is 13.0. The lowest BCUT2D eigenvalue weighted by Gasteiger charge is -2.30. The molecule has 0 spiro atoms. The summed E-state index contributed by atoms with van der Waals surface area (Å²) in [4.78, 5) is 23.5. The Kier molecular flexibility index (Phi) is 3.69. The van der Waals surface area contributed by atoms with Crippen molar-refractivity contribution in [2.45, 2.75) is 31.2 Å². The summed E-state index contributed by atoms with van der Waals surface area (Å²) in [6.45, 7) is 1.40. The molecule has 5 nitrogen and oxygen atoms in total. The highest BCUT2D eigenvalue weighted by Crippen LogP contribution is 2.39. The van der Waals surface area contributed by atoms with Crippen LogP contribution in [0.5, 0.6) is 0 Å². The van der Waals surface area contributed by atoms with Crippen molar-refractivity contribution in [2.24, 2.45) is 0 Å². The van der Waals surface area contributed by atoms with Gasteiger partial charge >= 0.3 is 0 Å². The fraction of sp³-hybridized carbons (Fsp3) is 0.389. The maximum absolute atomic E-state index is 12.1.